The summed E-state index contributed by atoms with van der Waals surface area (Å²) in [6.45, 7) is 3.44. The van der Waals surface area contributed by atoms with E-state index in [9.17, 15) is 14.7 Å². The largest absolute Gasteiger partial charge is 0.508 e. The van der Waals surface area contributed by atoms with E-state index in [0.29, 0.717) is 37.4 Å². The van der Waals surface area contributed by atoms with Crippen LogP contribution in [0, 0.1) is 18.3 Å². The second-order valence-electron chi connectivity index (χ2n) is 9.16. The topological polar surface area (TPSA) is 138 Å². The number of rotatable bonds is 10. The van der Waals surface area contributed by atoms with E-state index >= 15 is 0 Å². The summed E-state index contributed by atoms with van der Waals surface area (Å²) in [6, 6.07) is 12.2. The molecule has 2 aromatic rings. The number of hydrogen-bond acceptors (Lipinski definition) is 6. The summed E-state index contributed by atoms with van der Waals surface area (Å²) in [5.74, 6) is -0.406. The van der Waals surface area contributed by atoms with Gasteiger partial charge in [-0.2, -0.15) is 0 Å². The molecule has 1 atom stereocenters. The van der Waals surface area contributed by atoms with Crippen LogP contribution in [0.3, 0.4) is 0 Å². The quantitative estimate of drug-likeness (QED) is 0.172. The standard InChI is InChI=1S/C27H36N4O5/c1-18-23(32)16-21(17-24(18)36-14-6-9-19-7-4-3-5-8-19)25(33)30-22(26(34)35-2)15-20-10-12-31(13-11-20)27(28)29/h3-5,7-8,16-17,20,22,32H,6,9-15H2,1-2H3,(H3,28,29)(H,30,33)/t22-/m0/s1. The summed E-state index contributed by atoms with van der Waals surface area (Å²) in [5.41, 5.74) is 7.53. The van der Waals surface area contributed by atoms with E-state index in [0.717, 1.165) is 25.7 Å². The van der Waals surface area contributed by atoms with Gasteiger partial charge in [0.15, 0.2) is 5.96 Å². The molecule has 1 heterocycles. The van der Waals surface area contributed by atoms with Crippen molar-refractivity contribution in [3.63, 3.8) is 0 Å². The van der Waals surface area contributed by atoms with E-state index in [2.05, 4.69) is 17.4 Å². The fourth-order valence-electron chi connectivity index (χ4n) is 4.40. The van der Waals surface area contributed by atoms with Gasteiger partial charge in [-0.3, -0.25) is 10.2 Å². The average Bonchev–Trinajstić information content (AvgIpc) is 2.88. The summed E-state index contributed by atoms with van der Waals surface area (Å²) in [6.07, 6.45) is 3.58. The molecule has 194 valence electrons. The number of amides is 1. The number of aromatic hydroxyl groups is 1. The zero-order valence-corrected chi connectivity index (χ0v) is 21.0. The summed E-state index contributed by atoms with van der Waals surface area (Å²) in [7, 11) is 1.29. The highest BCUT2D eigenvalue weighted by Crippen LogP contribution is 2.29. The molecule has 1 saturated heterocycles. The molecule has 0 saturated carbocycles. The molecule has 3 rings (SSSR count). The zero-order chi connectivity index (χ0) is 26.1. The van der Waals surface area contributed by atoms with E-state index in [1.807, 2.05) is 18.2 Å². The van der Waals surface area contributed by atoms with E-state index in [1.54, 1.807) is 17.9 Å². The number of piperidine rings is 1. The number of nitrogens with one attached hydrogen (secondary N) is 2. The fourth-order valence-corrected chi connectivity index (χ4v) is 4.40. The van der Waals surface area contributed by atoms with Gasteiger partial charge in [-0.25, -0.2) is 4.79 Å². The predicted octanol–water partition coefficient (Wildman–Crippen LogP) is 2.98. The Balaban J connectivity index is 1.61. The molecule has 1 aliphatic heterocycles. The molecule has 1 fully saturated rings. The summed E-state index contributed by atoms with van der Waals surface area (Å²) in [4.78, 5) is 27.3. The van der Waals surface area contributed by atoms with Crippen LogP contribution < -0.4 is 15.8 Å². The van der Waals surface area contributed by atoms with Crippen LogP contribution in [0.1, 0.15) is 47.2 Å². The van der Waals surface area contributed by atoms with Gasteiger partial charge in [0.2, 0.25) is 0 Å². The van der Waals surface area contributed by atoms with Gasteiger partial charge in [-0.15, -0.1) is 0 Å². The van der Waals surface area contributed by atoms with Gasteiger partial charge in [0.05, 0.1) is 13.7 Å². The molecule has 2 aromatic carbocycles. The van der Waals surface area contributed by atoms with Crippen molar-refractivity contribution >= 4 is 17.8 Å². The van der Waals surface area contributed by atoms with Crippen LogP contribution in [0.2, 0.25) is 0 Å². The Kier molecular flexibility index (Phi) is 9.55. The highest BCUT2D eigenvalue weighted by molar-refractivity contribution is 5.97. The first-order valence-corrected chi connectivity index (χ1v) is 12.3. The molecule has 0 spiro atoms. The van der Waals surface area contributed by atoms with Crippen molar-refractivity contribution < 1.29 is 24.2 Å². The Labute approximate surface area is 212 Å². The Morgan fingerprint density at radius 2 is 1.92 bits per heavy atom. The molecule has 0 unspecified atom stereocenters. The molecule has 0 bridgehead atoms. The molecule has 0 radical (unpaired) electrons. The number of hydrogen-bond donors (Lipinski definition) is 4. The third kappa shape index (κ3) is 7.37. The lowest BCUT2D eigenvalue weighted by atomic mass is 9.90. The summed E-state index contributed by atoms with van der Waals surface area (Å²) >= 11 is 0. The maximum Gasteiger partial charge on any atom is 0.328 e. The predicted molar refractivity (Wildman–Crippen MR) is 137 cm³/mol. The Morgan fingerprint density at radius 3 is 2.56 bits per heavy atom. The molecular formula is C27H36N4O5. The molecule has 1 aliphatic rings. The number of likely N-dealkylation sites (tertiary alicyclic amines) is 1. The number of carbonyl (C=O) groups is 2. The second-order valence-corrected chi connectivity index (χ2v) is 9.16. The van der Waals surface area contributed by atoms with Gasteiger partial charge < -0.3 is 30.5 Å². The smallest absolute Gasteiger partial charge is 0.328 e. The molecule has 0 aromatic heterocycles. The van der Waals surface area contributed by atoms with Crippen LogP contribution in [0.4, 0.5) is 0 Å². The van der Waals surface area contributed by atoms with Gasteiger partial charge >= 0.3 is 5.97 Å². The van der Waals surface area contributed by atoms with Gasteiger partial charge in [0.25, 0.3) is 5.91 Å². The minimum absolute atomic E-state index is 0.0449. The molecule has 0 aliphatic carbocycles. The number of ether oxygens (including phenoxy) is 2. The Hall–Kier alpha value is -3.75. The molecule has 5 N–H and O–H groups in total. The first kappa shape index (κ1) is 26.8. The minimum Gasteiger partial charge on any atom is -0.508 e. The molecule has 9 nitrogen and oxygen atoms in total. The van der Waals surface area contributed by atoms with Crippen LogP contribution >= 0.6 is 0 Å². The molecular weight excluding hydrogens is 460 g/mol. The van der Waals surface area contributed by atoms with E-state index < -0.39 is 17.9 Å². The van der Waals surface area contributed by atoms with Gasteiger partial charge in [0, 0.05) is 24.2 Å². The lowest BCUT2D eigenvalue weighted by Gasteiger charge is -2.33. The third-order valence-corrected chi connectivity index (χ3v) is 6.62. The van der Waals surface area contributed by atoms with E-state index in [4.69, 9.17) is 20.6 Å². The Bertz CT molecular complexity index is 1050. The van der Waals surface area contributed by atoms with Crippen molar-refractivity contribution in [3.8, 4) is 11.5 Å². The van der Waals surface area contributed by atoms with Crippen molar-refractivity contribution in [1.29, 1.82) is 5.41 Å². The molecule has 9 heteroatoms. The monoisotopic (exact) mass is 496 g/mol. The lowest BCUT2D eigenvalue weighted by Crippen LogP contribution is -2.46. The highest BCUT2D eigenvalue weighted by atomic mass is 16.5. The second kappa shape index (κ2) is 12.8. The number of benzene rings is 2. The van der Waals surface area contributed by atoms with E-state index in [1.165, 1.54) is 18.7 Å². The van der Waals surface area contributed by atoms with Crippen molar-refractivity contribution in [2.45, 2.75) is 45.1 Å². The zero-order valence-electron chi connectivity index (χ0n) is 21.0. The van der Waals surface area contributed by atoms with Gasteiger partial charge in [-0.05, 0) is 62.6 Å². The number of phenolic OH excluding ortho intramolecular Hbond substituents is 1. The number of methoxy groups -OCH3 is 1. The van der Waals surface area contributed by atoms with Crippen molar-refractivity contribution in [1.82, 2.24) is 10.2 Å². The maximum absolute atomic E-state index is 13.1. The van der Waals surface area contributed by atoms with Crippen LogP contribution in [-0.2, 0) is 16.0 Å². The van der Waals surface area contributed by atoms with Crippen molar-refractivity contribution in [2.24, 2.45) is 11.7 Å². The van der Waals surface area contributed by atoms with Gasteiger partial charge in [-0.1, -0.05) is 30.3 Å². The van der Waals surface area contributed by atoms with Crippen LogP contribution in [-0.4, -0.2) is 60.7 Å². The minimum atomic E-state index is -0.824. The van der Waals surface area contributed by atoms with Gasteiger partial charge in [0.1, 0.15) is 17.5 Å². The number of phenols is 1. The molecule has 36 heavy (non-hydrogen) atoms. The van der Waals surface area contributed by atoms with Crippen LogP contribution in [0.15, 0.2) is 42.5 Å². The van der Waals surface area contributed by atoms with Crippen LogP contribution in [0.25, 0.3) is 0 Å². The fraction of sp³-hybridized carbons (Fsp3) is 0.444. The first-order chi connectivity index (χ1) is 17.3. The Morgan fingerprint density at radius 1 is 1.22 bits per heavy atom. The number of nitrogens with two attached hydrogens (primary N) is 1. The number of carbonyl (C=O) groups excluding carboxylic acids is 2. The number of aryl methyl sites for hydroxylation is 1. The average molecular weight is 497 g/mol. The number of esters is 1. The lowest BCUT2D eigenvalue weighted by molar-refractivity contribution is -0.143. The van der Waals surface area contributed by atoms with Crippen molar-refractivity contribution in [3.05, 3.63) is 59.2 Å². The highest BCUT2D eigenvalue weighted by Gasteiger charge is 2.29. The third-order valence-electron chi connectivity index (χ3n) is 6.62. The first-order valence-electron chi connectivity index (χ1n) is 12.3. The SMILES string of the molecule is COC(=O)[C@H](CC1CCN(C(=N)N)CC1)NC(=O)c1cc(O)c(C)c(OCCCc2ccccc2)c1. The maximum atomic E-state index is 13.1. The summed E-state index contributed by atoms with van der Waals surface area (Å²) < 4.78 is 10.8. The van der Waals surface area contributed by atoms with E-state index in [-0.39, 0.29) is 23.2 Å². The molecule has 1 amide bonds. The summed E-state index contributed by atoms with van der Waals surface area (Å²) in [5, 5.41) is 20.7. The number of guanidine groups is 1. The van der Waals surface area contributed by atoms with Crippen LogP contribution in [0.5, 0.6) is 11.5 Å². The van der Waals surface area contributed by atoms with Crippen molar-refractivity contribution in [2.75, 3.05) is 26.8 Å². The number of nitrogens with zero attached hydrogens (tertiary/aromatic N) is 1. The normalized spacial score (nSPS) is 14.7.